The molecule has 1 saturated heterocycles. The molecule has 0 bridgehead atoms. The van der Waals surface area contributed by atoms with Crippen LogP contribution in [0.5, 0.6) is 0 Å². The van der Waals surface area contributed by atoms with E-state index in [4.69, 9.17) is 16.3 Å². The largest absolute Gasteiger partial charge is 0.371 e. The van der Waals surface area contributed by atoms with Gasteiger partial charge < -0.3 is 10.1 Å². The second-order valence-electron chi connectivity index (χ2n) is 5.44. The van der Waals surface area contributed by atoms with Crippen LogP contribution >= 0.6 is 11.6 Å². The molecule has 0 saturated carbocycles. The maximum absolute atomic E-state index is 11.5. The highest BCUT2D eigenvalue weighted by molar-refractivity contribution is 6.30. The van der Waals surface area contributed by atoms with Crippen molar-refractivity contribution in [1.29, 1.82) is 0 Å². The van der Waals surface area contributed by atoms with Crippen LogP contribution in [0.25, 0.3) is 0 Å². The Morgan fingerprint density at radius 3 is 2.78 bits per heavy atom. The van der Waals surface area contributed by atoms with Gasteiger partial charge in [-0.05, 0) is 30.7 Å². The molecule has 2 rings (SSSR count). The van der Waals surface area contributed by atoms with Gasteiger partial charge in [0.05, 0.1) is 12.7 Å². The van der Waals surface area contributed by atoms with E-state index >= 15 is 0 Å². The van der Waals surface area contributed by atoms with Crippen molar-refractivity contribution in [3.05, 3.63) is 34.9 Å². The summed E-state index contributed by atoms with van der Waals surface area (Å²) < 4.78 is 5.81. The molecule has 1 aliphatic rings. The molecule has 126 valence electrons. The Bertz CT molecular complexity index is 536. The Morgan fingerprint density at radius 1 is 1.35 bits per heavy atom. The number of nitrogens with one attached hydrogen (secondary N) is 2. The average molecular weight is 340 g/mol. The van der Waals surface area contributed by atoms with Gasteiger partial charge in [0.2, 0.25) is 5.91 Å². The first-order valence-electron chi connectivity index (χ1n) is 7.69. The molecule has 1 fully saturated rings. The standard InChI is InChI=1S/C16H22ClN3O3/c1-18-16(22)19-15(21)3-2-8-20-9-10-23-14(11-20)12-4-6-13(17)7-5-12/h4-7,14H,2-3,8-11H2,1H3,(H2,18,19,21,22)/t14-/m0/s1. The number of hydrogen-bond acceptors (Lipinski definition) is 4. The summed E-state index contributed by atoms with van der Waals surface area (Å²) in [6.07, 6.45) is 1.06. The summed E-state index contributed by atoms with van der Waals surface area (Å²) in [4.78, 5) is 24.8. The maximum Gasteiger partial charge on any atom is 0.321 e. The smallest absolute Gasteiger partial charge is 0.321 e. The molecule has 0 aromatic heterocycles. The van der Waals surface area contributed by atoms with Crippen molar-refractivity contribution < 1.29 is 14.3 Å². The lowest BCUT2D eigenvalue weighted by Gasteiger charge is -2.33. The summed E-state index contributed by atoms with van der Waals surface area (Å²) >= 11 is 5.91. The number of nitrogens with zero attached hydrogens (tertiary/aromatic N) is 1. The fourth-order valence-corrected chi connectivity index (χ4v) is 2.63. The molecule has 3 amide bonds. The van der Waals surface area contributed by atoms with Gasteiger partial charge >= 0.3 is 6.03 Å². The molecule has 23 heavy (non-hydrogen) atoms. The number of carbonyl (C=O) groups is 2. The van der Waals surface area contributed by atoms with E-state index in [2.05, 4.69) is 15.5 Å². The molecular weight excluding hydrogens is 318 g/mol. The Kier molecular flexibility index (Phi) is 6.83. The SMILES string of the molecule is CNC(=O)NC(=O)CCCN1CCO[C@H](c2ccc(Cl)cc2)C1. The molecule has 1 heterocycles. The number of halogens is 1. The highest BCUT2D eigenvalue weighted by Gasteiger charge is 2.21. The average Bonchev–Trinajstić information content (AvgIpc) is 2.55. The summed E-state index contributed by atoms with van der Waals surface area (Å²) in [6, 6.07) is 7.22. The van der Waals surface area contributed by atoms with E-state index in [9.17, 15) is 9.59 Å². The van der Waals surface area contributed by atoms with Crippen molar-refractivity contribution in [2.45, 2.75) is 18.9 Å². The summed E-state index contributed by atoms with van der Waals surface area (Å²) in [5.74, 6) is -0.258. The topological polar surface area (TPSA) is 70.7 Å². The lowest BCUT2D eigenvalue weighted by molar-refractivity contribution is -0.120. The lowest BCUT2D eigenvalue weighted by atomic mass is 10.1. The van der Waals surface area contributed by atoms with Gasteiger partial charge in [-0.3, -0.25) is 15.0 Å². The van der Waals surface area contributed by atoms with E-state index in [1.165, 1.54) is 7.05 Å². The van der Waals surface area contributed by atoms with E-state index in [-0.39, 0.29) is 12.0 Å². The zero-order valence-electron chi connectivity index (χ0n) is 13.2. The van der Waals surface area contributed by atoms with Crippen LogP contribution in [0.2, 0.25) is 5.02 Å². The Hall–Kier alpha value is -1.63. The van der Waals surface area contributed by atoms with Gasteiger partial charge in [0.25, 0.3) is 0 Å². The first kappa shape index (κ1) is 17.7. The molecule has 1 aliphatic heterocycles. The minimum Gasteiger partial charge on any atom is -0.371 e. The van der Waals surface area contributed by atoms with E-state index in [1.54, 1.807) is 0 Å². The number of ether oxygens (including phenoxy) is 1. The molecule has 0 radical (unpaired) electrons. The van der Waals surface area contributed by atoms with Crippen LogP contribution in [0.15, 0.2) is 24.3 Å². The predicted octanol–water partition coefficient (Wildman–Crippen LogP) is 1.95. The fourth-order valence-electron chi connectivity index (χ4n) is 2.50. The van der Waals surface area contributed by atoms with Crippen molar-refractivity contribution in [3.63, 3.8) is 0 Å². The highest BCUT2D eigenvalue weighted by atomic mass is 35.5. The second kappa shape index (κ2) is 8.86. The van der Waals surface area contributed by atoms with E-state index < -0.39 is 6.03 Å². The monoisotopic (exact) mass is 339 g/mol. The van der Waals surface area contributed by atoms with Crippen LogP contribution in [0.4, 0.5) is 4.79 Å². The van der Waals surface area contributed by atoms with Gasteiger partial charge in [0.1, 0.15) is 0 Å². The van der Waals surface area contributed by atoms with Gasteiger partial charge in [0, 0.05) is 31.6 Å². The molecule has 0 unspecified atom stereocenters. The minimum absolute atomic E-state index is 0.0284. The van der Waals surface area contributed by atoms with Crippen LogP contribution < -0.4 is 10.6 Å². The Balaban J connectivity index is 1.75. The van der Waals surface area contributed by atoms with Crippen LogP contribution in [0, 0.1) is 0 Å². The molecule has 0 spiro atoms. The third kappa shape index (κ3) is 5.82. The van der Waals surface area contributed by atoms with Crippen LogP contribution in [-0.4, -0.2) is 50.1 Å². The summed E-state index contributed by atoms with van der Waals surface area (Å²) in [5.41, 5.74) is 1.11. The zero-order valence-corrected chi connectivity index (χ0v) is 13.9. The minimum atomic E-state index is -0.468. The number of imide groups is 1. The number of urea groups is 1. The molecule has 1 aromatic rings. The van der Waals surface area contributed by atoms with Crippen molar-refractivity contribution >= 4 is 23.5 Å². The van der Waals surface area contributed by atoms with Crippen molar-refractivity contribution in [1.82, 2.24) is 15.5 Å². The van der Waals surface area contributed by atoms with E-state index in [0.717, 1.165) is 25.2 Å². The van der Waals surface area contributed by atoms with Crippen LogP contribution in [0.1, 0.15) is 24.5 Å². The quantitative estimate of drug-likeness (QED) is 0.860. The number of benzene rings is 1. The number of hydrogen-bond donors (Lipinski definition) is 2. The molecule has 6 nitrogen and oxygen atoms in total. The number of rotatable bonds is 5. The van der Waals surface area contributed by atoms with Crippen molar-refractivity contribution in [2.24, 2.45) is 0 Å². The first-order valence-corrected chi connectivity index (χ1v) is 8.07. The van der Waals surface area contributed by atoms with E-state index in [0.29, 0.717) is 24.5 Å². The normalized spacial score (nSPS) is 18.4. The molecule has 1 atom stereocenters. The summed E-state index contributed by atoms with van der Waals surface area (Å²) in [7, 11) is 1.48. The van der Waals surface area contributed by atoms with Gasteiger partial charge in [-0.25, -0.2) is 4.79 Å². The molecule has 2 N–H and O–H groups in total. The van der Waals surface area contributed by atoms with Crippen molar-refractivity contribution in [3.8, 4) is 0 Å². The first-order chi connectivity index (χ1) is 11.1. The molecule has 7 heteroatoms. The molecule has 0 aliphatic carbocycles. The maximum atomic E-state index is 11.5. The lowest BCUT2D eigenvalue weighted by Crippen LogP contribution is -2.40. The summed E-state index contributed by atoms with van der Waals surface area (Å²) in [6.45, 7) is 3.10. The zero-order chi connectivity index (χ0) is 16.7. The van der Waals surface area contributed by atoms with Gasteiger partial charge in [-0.2, -0.15) is 0 Å². The van der Waals surface area contributed by atoms with Crippen LogP contribution in [-0.2, 0) is 9.53 Å². The summed E-state index contributed by atoms with van der Waals surface area (Å²) in [5, 5.41) is 5.33. The Labute approximate surface area is 141 Å². The third-order valence-corrected chi connectivity index (χ3v) is 4.00. The number of amides is 3. The van der Waals surface area contributed by atoms with Crippen molar-refractivity contribution in [2.75, 3.05) is 33.3 Å². The van der Waals surface area contributed by atoms with Crippen LogP contribution in [0.3, 0.4) is 0 Å². The second-order valence-corrected chi connectivity index (χ2v) is 5.88. The molecular formula is C16H22ClN3O3. The highest BCUT2D eigenvalue weighted by Crippen LogP contribution is 2.23. The number of carbonyl (C=O) groups excluding carboxylic acids is 2. The Morgan fingerprint density at radius 2 is 2.09 bits per heavy atom. The van der Waals surface area contributed by atoms with Gasteiger partial charge in [0.15, 0.2) is 0 Å². The third-order valence-electron chi connectivity index (χ3n) is 3.75. The van der Waals surface area contributed by atoms with Gasteiger partial charge in [-0.1, -0.05) is 23.7 Å². The fraction of sp³-hybridized carbons (Fsp3) is 0.500. The number of morpholine rings is 1. The molecule has 1 aromatic carbocycles. The van der Waals surface area contributed by atoms with E-state index in [1.807, 2.05) is 24.3 Å². The van der Waals surface area contributed by atoms with Gasteiger partial charge in [-0.15, -0.1) is 0 Å². The predicted molar refractivity (Wildman–Crippen MR) is 88.4 cm³/mol.